The van der Waals surface area contributed by atoms with Crippen LogP contribution in [0.4, 0.5) is 0 Å². The number of benzene rings is 1. The SMILES string of the molecule is NC(CCN1CCOCC1)c1ccc(Cl)c(Cl)c1. The Labute approximate surface area is 118 Å². The first-order chi connectivity index (χ1) is 8.66. The van der Waals surface area contributed by atoms with Gasteiger partial charge in [-0.15, -0.1) is 0 Å². The molecule has 5 heteroatoms. The number of morpholine rings is 1. The summed E-state index contributed by atoms with van der Waals surface area (Å²) in [5, 5.41) is 1.14. The molecule has 0 bridgehead atoms. The summed E-state index contributed by atoms with van der Waals surface area (Å²) >= 11 is 11.9. The fourth-order valence-electron chi connectivity index (χ4n) is 2.06. The molecule has 0 spiro atoms. The standard InChI is InChI=1S/C13H18Cl2N2O/c14-11-2-1-10(9-12(11)15)13(16)3-4-17-5-7-18-8-6-17/h1-2,9,13H,3-8,16H2. The molecule has 1 aromatic rings. The summed E-state index contributed by atoms with van der Waals surface area (Å²) in [5.74, 6) is 0. The lowest BCUT2D eigenvalue weighted by atomic mass is 10.0. The third kappa shape index (κ3) is 3.84. The van der Waals surface area contributed by atoms with Crippen molar-refractivity contribution in [2.45, 2.75) is 12.5 Å². The van der Waals surface area contributed by atoms with Gasteiger partial charge in [0, 0.05) is 25.7 Å². The molecule has 0 aromatic heterocycles. The molecule has 1 fully saturated rings. The van der Waals surface area contributed by atoms with Crippen molar-refractivity contribution in [1.29, 1.82) is 0 Å². The highest BCUT2D eigenvalue weighted by Crippen LogP contribution is 2.26. The molecule has 2 rings (SSSR count). The zero-order valence-corrected chi connectivity index (χ0v) is 11.8. The number of rotatable bonds is 4. The zero-order chi connectivity index (χ0) is 13.0. The van der Waals surface area contributed by atoms with Crippen LogP contribution in [0.1, 0.15) is 18.0 Å². The Morgan fingerprint density at radius 3 is 2.61 bits per heavy atom. The van der Waals surface area contributed by atoms with E-state index in [-0.39, 0.29) is 6.04 Å². The van der Waals surface area contributed by atoms with Gasteiger partial charge >= 0.3 is 0 Å². The van der Waals surface area contributed by atoms with Gasteiger partial charge in [-0.2, -0.15) is 0 Å². The van der Waals surface area contributed by atoms with Gasteiger partial charge in [-0.1, -0.05) is 29.3 Å². The highest BCUT2D eigenvalue weighted by Gasteiger charge is 2.13. The van der Waals surface area contributed by atoms with E-state index in [9.17, 15) is 0 Å². The number of ether oxygens (including phenoxy) is 1. The van der Waals surface area contributed by atoms with Gasteiger partial charge in [0.15, 0.2) is 0 Å². The van der Waals surface area contributed by atoms with Crippen molar-refractivity contribution < 1.29 is 4.74 Å². The Morgan fingerprint density at radius 1 is 1.22 bits per heavy atom. The molecule has 1 aromatic carbocycles. The van der Waals surface area contributed by atoms with Gasteiger partial charge < -0.3 is 10.5 Å². The fraction of sp³-hybridized carbons (Fsp3) is 0.538. The lowest BCUT2D eigenvalue weighted by molar-refractivity contribution is 0.0366. The molecule has 1 aliphatic rings. The topological polar surface area (TPSA) is 38.5 Å². The van der Waals surface area contributed by atoms with Crippen molar-refractivity contribution in [3.63, 3.8) is 0 Å². The summed E-state index contributed by atoms with van der Waals surface area (Å²) in [5.41, 5.74) is 7.21. The van der Waals surface area contributed by atoms with E-state index < -0.39 is 0 Å². The zero-order valence-electron chi connectivity index (χ0n) is 10.2. The van der Waals surface area contributed by atoms with E-state index in [2.05, 4.69) is 4.90 Å². The normalized spacial score (nSPS) is 18.8. The monoisotopic (exact) mass is 288 g/mol. The Morgan fingerprint density at radius 2 is 1.94 bits per heavy atom. The molecular formula is C13H18Cl2N2O. The lowest BCUT2D eigenvalue weighted by Gasteiger charge is -2.27. The minimum atomic E-state index is 0.00242. The molecule has 0 radical (unpaired) electrons. The molecule has 18 heavy (non-hydrogen) atoms. The van der Waals surface area contributed by atoms with Gasteiger partial charge in [0.2, 0.25) is 0 Å². The number of hydrogen-bond donors (Lipinski definition) is 1. The smallest absolute Gasteiger partial charge is 0.0595 e. The van der Waals surface area contributed by atoms with Gasteiger partial charge in [-0.05, 0) is 24.1 Å². The molecule has 0 aliphatic carbocycles. The predicted octanol–water partition coefficient (Wildman–Crippen LogP) is 2.72. The van der Waals surface area contributed by atoms with Gasteiger partial charge in [0.25, 0.3) is 0 Å². The van der Waals surface area contributed by atoms with E-state index in [1.807, 2.05) is 12.1 Å². The molecule has 1 atom stereocenters. The van der Waals surface area contributed by atoms with Crippen LogP contribution >= 0.6 is 23.2 Å². The average molecular weight is 289 g/mol. The molecule has 1 unspecified atom stereocenters. The Hall–Kier alpha value is -0.320. The first kappa shape index (κ1) is 14.1. The second-order valence-electron chi connectivity index (χ2n) is 4.52. The van der Waals surface area contributed by atoms with Crippen LogP contribution in [-0.2, 0) is 4.74 Å². The second kappa shape index (κ2) is 6.73. The number of nitrogens with two attached hydrogens (primary N) is 1. The van der Waals surface area contributed by atoms with Gasteiger partial charge in [-0.3, -0.25) is 4.90 Å². The summed E-state index contributed by atoms with van der Waals surface area (Å²) in [4.78, 5) is 2.38. The summed E-state index contributed by atoms with van der Waals surface area (Å²) in [6.07, 6.45) is 0.915. The van der Waals surface area contributed by atoms with Gasteiger partial charge in [-0.25, -0.2) is 0 Å². The minimum Gasteiger partial charge on any atom is -0.379 e. The summed E-state index contributed by atoms with van der Waals surface area (Å²) in [6, 6.07) is 5.60. The third-order valence-corrected chi connectivity index (χ3v) is 3.97. The van der Waals surface area contributed by atoms with Crippen molar-refractivity contribution in [3.8, 4) is 0 Å². The maximum Gasteiger partial charge on any atom is 0.0595 e. The van der Waals surface area contributed by atoms with Gasteiger partial charge in [0.1, 0.15) is 0 Å². The van der Waals surface area contributed by atoms with E-state index in [1.54, 1.807) is 6.07 Å². The largest absolute Gasteiger partial charge is 0.379 e. The third-order valence-electron chi connectivity index (χ3n) is 3.23. The number of hydrogen-bond acceptors (Lipinski definition) is 3. The molecule has 1 aliphatic heterocycles. The quantitative estimate of drug-likeness (QED) is 0.926. The predicted molar refractivity (Wildman–Crippen MR) is 75.3 cm³/mol. The van der Waals surface area contributed by atoms with Crippen molar-refractivity contribution in [2.75, 3.05) is 32.8 Å². The number of halogens is 2. The highest BCUT2D eigenvalue weighted by molar-refractivity contribution is 6.42. The molecule has 1 saturated heterocycles. The minimum absolute atomic E-state index is 0.00242. The molecule has 100 valence electrons. The fourth-order valence-corrected chi connectivity index (χ4v) is 2.36. The van der Waals surface area contributed by atoms with Crippen LogP contribution in [0.25, 0.3) is 0 Å². The van der Waals surface area contributed by atoms with Crippen molar-refractivity contribution in [1.82, 2.24) is 4.90 Å². The molecule has 1 heterocycles. The molecular weight excluding hydrogens is 271 g/mol. The van der Waals surface area contributed by atoms with Crippen LogP contribution in [0, 0.1) is 0 Å². The summed E-state index contributed by atoms with van der Waals surface area (Å²) in [7, 11) is 0. The lowest BCUT2D eigenvalue weighted by Crippen LogP contribution is -2.37. The Balaban J connectivity index is 1.86. The first-order valence-corrected chi connectivity index (χ1v) is 6.93. The van der Waals surface area contributed by atoms with Gasteiger partial charge in [0.05, 0.1) is 23.3 Å². The van der Waals surface area contributed by atoms with Crippen LogP contribution in [-0.4, -0.2) is 37.7 Å². The summed E-state index contributed by atoms with van der Waals surface area (Å²) < 4.78 is 5.32. The van der Waals surface area contributed by atoms with E-state index in [0.717, 1.165) is 44.8 Å². The van der Waals surface area contributed by atoms with Crippen LogP contribution in [0.15, 0.2) is 18.2 Å². The van der Waals surface area contributed by atoms with E-state index in [4.69, 9.17) is 33.7 Å². The Kier molecular flexibility index (Phi) is 5.27. The Bertz CT molecular complexity index is 395. The van der Waals surface area contributed by atoms with Crippen molar-refractivity contribution in [3.05, 3.63) is 33.8 Å². The maximum absolute atomic E-state index is 6.17. The molecule has 2 N–H and O–H groups in total. The maximum atomic E-state index is 6.17. The van der Waals surface area contributed by atoms with E-state index in [0.29, 0.717) is 10.0 Å². The average Bonchev–Trinajstić information content (AvgIpc) is 2.40. The van der Waals surface area contributed by atoms with Crippen LogP contribution in [0.5, 0.6) is 0 Å². The van der Waals surface area contributed by atoms with E-state index in [1.165, 1.54) is 0 Å². The van der Waals surface area contributed by atoms with Crippen LogP contribution in [0.3, 0.4) is 0 Å². The molecule has 0 amide bonds. The van der Waals surface area contributed by atoms with Crippen LogP contribution < -0.4 is 5.73 Å². The van der Waals surface area contributed by atoms with Crippen LogP contribution in [0.2, 0.25) is 10.0 Å². The van der Waals surface area contributed by atoms with Crippen molar-refractivity contribution in [2.24, 2.45) is 5.73 Å². The summed E-state index contributed by atoms with van der Waals surface area (Å²) in [6.45, 7) is 4.62. The molecule has 3 nitrogen and oxygen atoms in total. The second-order valence-corrected chi connectivity index (χ2v) is 5.34. The van der Waals surface area contributed by atoms with Crippen molar-refractivity contribution >= 4 is 23.2 Å². The number of nitrogens with zero attached hydrogens (tertiary/aromatic N) is 1. The first-order valence-electron chi connectivity index (χ1n) is 6.17. The van der Waals surface area contributed by atoms with E-state index >= 15 is 0 Å². The molecule has 0 saturated carbocycles. The highest BCUT2D eigenvalue weighted by atomic mass is 35.5.